The molecule has 0 aliphatic rings. The lowest BCUT2D eigenvalue weighted by Gasteiger charge is -2.18. The van der Waals surface area contributed by atoms with E-state index in [0.717, 1.165) is 0 Å². The Morgan fingerprint density at radius 2 is 1.31 bits per heavy atom. The minimum absolute atomic E-state index is 0.236. The molecule has 0 radical (unpaired) electrons. The zero-order chi connectivity index (χ0) is 23.4. The Balaban J connectivity index is 1.70. The van der Waals surface area contributed by atoms with Crippen LogP contribution in [0.4, 0.5) is 31.4 Å². The highest BCUT2D eigenvalue weighted by atomic mass is 16.2. The summed E-state index contributed by atoms with van der Waals surface area (Å²) in [5, 5.41) is 8.67. The van der Waals surface area contributed by atoms with Crippen molar-refractivity contribution in [2.45, 2.75) is 6.42 Å². The maximum absolute atomic E-state index is 12.9. The molecule has 3 aromatic rings. The first-order valence-electron chi connectivity index (χ1n) is 9.71. The van der Waals surface area contributed by atoms with Crippen LogP contribution in [-0.2, 0) is 0 Å². The molecule has 3 amide bonds. The van der Waals surface area contributed by atoms with E-state index in [0.29, 0.717) is 23.6 Å². The summed E-state index contributed by atoms with van der Waals surface area (Å²) in [6.07, 6.45) is 9.51. The lowest BCUT2D eigenvalue weighted by Crippen LogP contribution is -2.32. The molecule has 32 heavy (non-hydrogen) atoms. The van der Waals surface area contributed by atoms with Gasteiger partial charge in [0.25, 0.3) is 0 Å². The van der Waals surface area contributed by atoms with Gasteiger partial charge < -0.3 is 10.6 Å². The number of hydrogen-bond donors (Lipinski definition) is 1. The van der Waals surface area contributed by atoms with Crippen molar-refractivity contribution in [1.82, 2.24) is 18.6 Å². The van der Waals surface area contributed by atoms with E-state index in [2.05, 4.69) is 0 Å². The predicted octanol–water partition coefficient (Wildman–Crippen LogP) is 2.70. The fraction of sp³-hybridized carbons (Fsp3) is 0.238. The van der Waals surface area contributed by atoms with Crippen molar-refractivity contribution >= 4 is 35.2 Å². The minimum atomic E-state index is -0.370. The number of nitriles is 1. The molecular formula is C21H24N8O3. The first-order chi connectivity index (χ1) is 15.2. The molecule has 0 fully saturated rings. The number of anilines is 3. The van der Waals surface area contributed by atoms with Gasteiger partial charge in [0.2, 0.25) is 0 Å². The van der Waals surface area contributed by atoms with Crippen LogP contribution in [-0.4, -0.2) is 64.4 Å². The lowest BCUT2D eigenvalue weighted by atomic mass is 10.4. The first kappa shape index (κ1) is 22.2. The van der Waals surface area contributed by atoms with Crippen molar-refractivity contribution in [3.05, 3.63) is 55.4 Å². The molecule has 0 atom stereocenters. The molecule has 0 aliphatic heterocycles. The number of nitrogens with zero attached hydrogens (tertiary/aromatic N) is 7. The largest absolute Gasteiger partial charge is 0.397 e. The maximum atomic E-state index is 12.9. The summed E-state index contributed by atoms with van der Waals surface area (Å²) < 4.78 is 4.06. The molecule has 0 saturated carbocycles. The standard InChI is InChI=1S/C21H24N8O3/c1-24(9-4-8-22)19(30)28-11-6-17(14-28)26(3)21(32)29-12-7-18(15-29)25(2)20(31)27-10-5-16(23)13-27/h5-7,10-15H,4,9,23H2,1-3H3. The van der Waals surface area contributed by atoms with E-state index in [1.165, 1.54) is 34.6 Å². The van der Waals surface area contributed by atoms with Crippen molar-refractivity contribution in [3.63, 3.8) is 0 Å². The molecule has 0 saturated heterocycles. The van der Waals surface area contributed by atoms with Gasteiger partial charge in [0, 0.05) is 70.6 Å². The molecule has 2 N–H and O–H groups in total. The Morgan fingerprint density at radius 1 is 0.844 bits per heavy atom. The molecule has 0 unspecified atom stereocenters. The fourth-order valence-corrected chi connectivity index (χ4v) is 3.02. The van der Waals surface area contributed by atoms with E-state index < -0.39 is 0 Å². The zero-order valence-electron chi connectivity index (χ0n) is 18.0. The van der Waals surface area contributed by atoms with Crippen LogP contribution < -0.4 is 15.5 Å². The molecule has 166 valence electrons. The Morgan fingerprint density at radius 3 is 1.78 bits per heavy atom. The number of amides is 3. The number of aromatic nitrogens is 3. The van der Waals surface area contributed by atoms with E-state index in [1.54, 1.807) is 70.3 Å². The quantitative estimate of drug-likeness (QED) is 0.673. The van der Waals surface area contributed by atoms with Crippen molar-refractivity contribution in [2.75, 3.05) is 43.2 Å². The second-order valence-electron chi connectivity index (χ2n) is 7.20. The van der Waals surface area contributed by atoms with E-state index in [-0.39, 0.29) is 24.5 Å². The lowest BCUT2D eigenvalue weighted by molar-refractivity contribution is 0.211. The summed E-state index contributed by atoms with van der Waals surface area (Å²) in [6, 6.07) is 5.91. The monoisotopic (exact) mass is 436 g/mol. The summed E-state index contributed by atoms with van der Waals surface area (Å²) >= 11 is 0. The van der Waals surface area contributed by atoms with Gasteiger partial charge in [0.05, 0.1) is 23.9 Å². The molecule has 11 heteroatoms. The Kier molecular flexibility index (Phi) is 6.34. The second-order valence-corrected chi connectivity index (χ2v) is 7.20. The second kappa shape index (κ2) is 9.13. The van der Waals surface area contributed by atoms with Crippen LogP contribution in [0.1, 0.15) is 6.42 Å². The van der Waals surface area contributed by atoms with Gasteiger partial charge in [-0.15, -0.1) is 0 Å². The van der Waals surface area contributed by atoms with E-state index in [4.69, 9.17) is 11.0 Å². The van der Waals surface area contributed by atoms with E-state index in [1.807, 2.05) is 6.07 Å². The Labute approximate surface area is 185 Å². The highest BCUT2D eigenvalue weighted by Crippen LogP contribution is 2.19. The van der Waals surface area contributed by atoms with E-state index >= 15 is 0 Å². The average Bonchev–Trinajstić information content (AvgIpc) is 3.55. The molecule has 0 aromatic carbocycles. The van der Waals surface area contributed by atoms with Gasteiger partial charge in [-0.05, 0) is 18.2 Å². The fourth-order valence-electron chi connectivity index (χ4n) is 3.02. The number of nitrogens with two attached hydrogens (primary N) is 1. The van der Waals surface area contributed by atoms with Crippen molar-refractivity contribution in [3.8, 4) is 6.07 Å². The van der Waals surface area contributed by atoms with Crippen LogP contribution in [0.25, 0.3) is 0 Å². The summed E-state index contributed by atoms with van der Waals surface area (Å²) in [7, 11) is 4.79. The van der Waals surface area contributed by atoms with Gasteiger partial charge in [0.1, 0.15) is 0 Å². The van der Waals surface area contributed by atoms with Gasteiger partial charge in [-0.25, -0.2) is 14.4 Å². The van der Waals surface area contributed by atoms with Crippen molar-refractivity contribution in [2.24, 2.45) is 0 Å². The molecule has 0 bridgehead atoms. The molecule has 0 aliphatic carbocycles. The van der Waals surface area contributed by atoms with Crippen LogP contribution in [0, 0.1) is 11.3 Å². The third kappa shape index (κ3) is 4.49. The third-order valence-electron chi connectivity index (χ3n) is 4.97. The highest BCUT2D eigenvalue weighted by Gasteiger charge is 2.19. The maximum Gasteiger partial charge on any atom is 0.332 e. The normalized spacial score (nSPS) is 10.4. The molecule has 11 nitrogen and oxygen atoms in total. The molecule has 3 aromatic heterocycles. The number of hydrogen-bond acceptors (Lipinski definition) is 5. The van der Waals surface area contributed by atoms with Crippen molar-refractivity contribution < 1.29 is 14.4 Å². The van der Waals surface area contributed by atoms with Gasteiger partial charge in [0.15, 0.2) is 0 Å². The van der Waals surface area contributed by atoms with Crippen LogP contribution in [0.3, 0.4) is 0 Å². The zero-order valence-corrected chi connectivity index (χ0v) is 18.0. The highest BCUT2D eigenvalue weighted by molar-refractivity contribution is 5.96. The van der Waals surface area contributed by atoms with Crippen LogP contribution in [0.15, 0.2) is 55.4 Å². The Hall–Kier alpha value is -4.46. The van der Waals surface area contributed by atoms with E-state index in [9.17, 15) is 14.4 Å². The summed E-state index contributed by atoms with van der Waals surface area (Å²) in [5.41, 5.74) is 7.17. The molecule has 3 heterocycles. The topological polar surface area (TPSA) is 126 Å². The van der Waals surface area contributed by atoms with Crippen LogP contribution in [0.5, 0.6) is 0 Å². The van der Waals surface area contributed by atoms with Crippen LogP contribution in [0.2, 0.25) is 0 Å². The smallest absolute Gasteiger partial charge is 0.332 e. The summed E-state index contributed by atoms with van der Waals surface area (Å²) in [6.45, 7) is 0.311. The SMILES string of the molecule is CN(CCC#N)C(=O)n1ccc(N(C)C(=O)n2ccc(N(C)C(=O)n3ccc(N)c3)c2)c1. The number of rotatable bonds is 4. The van der Waals surface area contributed by atoms with Gasteiger partial charge in [-0.3, -0.25) is 23.5 Å². The molecule has 3 rings (SSSR count). The molecule has 0 spiro atoms. The number of carbonyl (C=O) groups excluding carboxylic acids is 3. The van der Waals surface area contributed by atoms with Gasteiger partial charge in [-0.1, -0.05) is 0 Å². The van der Waals surface area contributed by atoms with Crippen molar-refractivity contribution in [1.29, 1.82) is 5.26 Å². The third-order valence-corrected chi connectivity index (χ3v) is 4.97. The Bertz CT molecular complexity index is 1180. The predicted molar refractivity (Wildman–Crippen MR) is 120 cm³/mol. The average molecular weight is 436 g/mol. The molecular weight excluding hydrogens is 412 g/mol. The van der Waals surface area contributed by atoms with Gasteiger partial charge in [-0.2, -0.15) is 5.26 Å². The van der Waals surface area contributed by atoms with Gasteiger partial charge >= 0.3 is 18.1 Å². The summed E-state index contributed by atoms with van der Waals surface area (Å²) in [4.78, 5) is 42.1. The number of carbonyl (C=O) groups is 3. The number of nitrogen functional groups attached to an aromatic ring is 1. The summed E-state index contributed by atoms with van der Waals surface area (Å²) in [5.74, 6) is 0. The first-order valence-corrected chi connectivity index (χ1v) is 9.71. The minimum Gasteiger partial charge on any atom is -0.397 e. The van der Waals surface area contributed by atoms with Crippen LogP contribution >= 0.6 is 0 Å².